The van der Waals surface area contributed by atoms with E-state index in [0.717, 1.165) is 6.07 Å². The van der Waals surface area contributed by atoms with Crippen LogP contribution in [0.15, 0.2) is 18.2 Å². The van der Waals surface area contributed by atoms with Gasteiger partial charge in [-0.2, -0.15) is 0 Å². The number of hydrogen-bond donors (Lipinski definition) is 1. The summed E-state index contributed by atoms with van der Waals surface area (Å²) in [7, 11) is 1.19. The number of nitrogens with one attached hydrogen (secondary N) is 1. The number of halogens is 3. The largest absolute Gasteiger partial charge is 0.468 e. The molecule has 4 nitrogen and oxygen atoms in total. The number of carbonyl (C=O) groups is 2. The molecule has 0 aliphatic carbocycles. The highest BCUT2D eigenvalue weighted by atomic mass is 35.5. The van der Waals surface area contributed by atoms with Crippen LogP contribution in [0.1, 0.15) is 10.4 Å². The molecule has 0 aliphatic heterocycles. The zero-order valence-corrected chi connectivity index (χ0v) is 10.9. The second kappa shape index (κ2) is 6.56. The second-order valence-corrected chi connectivity index (χ2v) is 4.26. The molecule has 1 atom stereocenters. The fraction of sp³-hybridized carbons (Fsp3) is 0.273. The Kier molecular flexibility index (Phi) is 5.37. The van der Waals surface area contributed by atoms with Crippen molar-refractivity contribution in [2.75, 3.05) is 13.7 Å². The van der Waals surface area contributed by atoms with Gasteiger partial charge < -0.3 is 10.1 Å². The Labute approximate surface area is 113 Å². The van der Waals surface area contributed by atoms with Crippen molar-refractivity contribution in [3.63, 3.8) is 0 Å². The molecule has 0 saturated carbocycles. The smallest absolute Gasteiger partial charge is 0.325 e. The monoisotopic (exact) mass is 293 g/mol. The minimum Gasteiger partial charge on any atom is -0.468 e. The van der Waals surface area contributed by atoms with E-state index >= 15 is 0 Å². The Hall–Kier alpha value is -1.33. The van der Waals surface area contributed by atoms with Gasteiger partial charge in [0, 0.05) is 12.1 Å². The van der Waals surface area contributed by atoms with Gasteiger partial charge in [-0.15, -0.1) is 11.6 Å². The Morgan fingerprint density at radius 3 is 2.72 bits per heavy atom. The molecule has 1 rings (SSSR count). The highest BCUT2D eigenvalue weighted by Gasteiger charge is 2.17. The molecule has 1 N–H and O–H groups in total. The van der Waals surface area contributed by atoms with Gasteiger partial charge in [0.15, 0.2) is 0 Å². The standard InChI is InChI=1S/C11H10Cl2FNO3/c1-18-11(17)8(13)5-15-10(16)6-2-3-9(14)7(12)4-6/h2-4,8H,5H2,1H3,(H,15,16). The Morgan fingerprint density at radius 2 is 2.17 bits per heavy atom. The normalized spacial score (nSPS) is 11.8. The van der Waals surface area contributed by atoms with Crippen LogP contribution in [-0.4, -0.2) is 30.9 Å². The minimum absolute atomic E-state index is 0.0952. The molecule has 1 aromatic carbocycles. The lowest BCUT2D eigenvalue weighted by Gasteiger charge is -2.09. The average Bonchev–Trinajstić information content (AvgIpc) is 2.37. The van der Waals surface area contributed by atoms with Crippen LogP contribution < -0.4 is 5.32 Å². The first-order valence-corrected chi connectivity index (χ1v) is 5.72. The number of ether oxygens (including phenoxy) is 1. The van der Waals surface area contributed by atoms with Gasteiger partial charge in [-0.05, 0) is 18.2 Å². The molecule has 1 amide bonds. The van der Waals surface area contributed by atoms with E-state index in [4.69, 9.17) is 23.2 Å². The highest BCUT2D eigenvalue weighted by Crippen LogP contribution is 2.15. The number of esters is 1. The summed E-state index contributed by atoms with van der Waals surface area (Å²) < 4.78 is 17.3. The molecular formula is C11H10Cl2FNO3. The molecule has 7 heteroatoms. The third kappa shape index (κ3) is 3.85. The maximum atomic E-state index is 12.9. The lowest BCUT2D eigenvalue weighted by atomic mass is 10.2. The van der Waals surface area contributed by atoms with Gasteiger partial charge in [0.1, 0.15) is 11.2 Å². The third-order valence-corrected chi connectivity index (χ3v) is 2.70. The van der Waals surface area contributed by atoms with Gasteiger partial charge in [-0.3, -0.25) is 9.59 Å². The predicted molar refractivity (Wildman–Crippen MR) is 65.4 cm³/mol. The Balaban J connectivity index is 2.60. The van der Waals surface area contributed by atoms with Crippen molar-refractivity contribution >= 4 is 35.1 Å². The molecule has 18 heavy (non-hydrogen) atoms. The van der Waals surface area contributed by atoms with E-state index in [9.17, 15) is 14.0 Å². The topological polar surface area (TPSA) is 55.4 Å². The summed E-state index contributed by atoms with van der Waals surface area (Å²) in [5, 5.41) is 1.28. The van der Waals surface area contributed by atoms with Gasteiger partial charge in [-0.1, -0.05) is 11.6 Å². The summed E-state index contributed by atoms with van der Waals surface area (Å²) in [4.78, 5) is 22.6. The van der Waals surface area contributed by atoms with Gasteiger partial charge in [0.25, 0.3) is 5.91 Å². The van der Waals surface area contributed by atoms with E-state index in [2.05, 4.69) is 10.1 Å². The lowest BCUT2D eigenvalue weighted by molar-refractivity contribution is -0.140. The first-order valence-electron chi connectivity index (χ1n) is 4.91. The zero-order valence-electron chi connectivity index (χ0n) is 9.38. The molecule has 0 heterocycles. The molecule has 1 aromatic rings. The number of benzene rings is 1. The van der Waals surface area contributed by atoms with E-state index < -0.39 is 23.1 Å². The molecule has 0 fully saturated rings. The van der Waals surface area contributed by atoms with Crippen molar-refractivity contribution in [1.29, 1.82) is 0 Å². The highest BCUT2D eigenvalue weighted by molar-refractivity contribution is 6.31. The quantitative estimate of drug-likeness (QED) is 0.682. The average molecular weight is 294 g/mol. The zero-order chi connectivity index (χ0) is 13.7. The van der Waals surface area contributed by atoms with Gasteiger partial charge in [-0.25, -0.2) is 4.39 Å². The van der Waals surface area contributed by atoms with Crippen molar-refractivity contribution in [3.05, 3.63) is 34.6 Å². The van der Waals surface area contributed by atoms with Crippen LogP contribution in [0.25, 0.3) is 0 Å². The van der Waals surface area contributed by atoms with E-state index in [1.54, 1.807) is 0 Å². The van der Waals surface area contributed by atoms with Crippen molar-refractivity contribution < 1.29 is 18.7 Å². The summed E-state index contributed by atoms with van der Waals surface area (Å²) in [5.41, 5.74) is 0.176. The van der Waals surface area contributed by atoms with E-state index in [-0.39, 0.29) is 17.1 Å². The molecule has 0 radical (unpaired) electrons. The Morgan fingerprint density at radius 1 is 1.50 bits per heavy atom. The fourth-order valence-corrected chi connectivity index (χ4v) is 1.48. The van der Waals surface area contributed by atoms with Crippen molar-refractivity contribution in [2.24, 2.45) is 0 Å². The van der Waals surface area contributed by atoms with Crippen LogP contribution in [-0.2, 0) is 9.53 Å². The summed E-state index contributed by atoms with van der Waals surface area (Å²) in [6, 6.07) is 3.54. The number of alkyl halides is 1. The number of carbonyl (C=O) groups excluding carboxylic acids is 2. The second-order valence-electron chi connectivity index (χ2n) is 3.33. The molecule has 0 aromatic heterocycles. The predicted octanol–water partition coefficient (Wildman–Crippen LogP) is 1.99. The summed E-state index contributed by atoms with van der Waals surface area (Å²) in [5.74, 6) is -1.77. The molecule has 98 valence electrons. The lowest BCUT2D eigenvalue weighted by Crippen LogP contribution is -2.34. The number of methoxy groups -OCH3 is 1. The maximum Gasteiger partial charge on any atom is 0.325 e. The van der Waals surface area contributed by atoms with Crippen LogP contribution >= 0.6 is 23.2 Å². The first kappa shape index (κ1) is 14.7. The first-order chi connectivity index (χ1) is 8.45. The van der Waals surface area contributed by atoms with Crippen LogP contribution in [0.4, 0.5) is 4.39 Å². The summed E-state index contributed by atoms with van der Waals surface area (Å²) >= 11 is 11.2. The van der Waals surface area contributed by atoms with Crippen molar-refractivity contribution in [2.45, 2.75) is 5.38 Å². The maximum absolute atomic E-state index is 12.9. The SMILES string of the molecule is COC(=O)C(Cl)CNC(=O)c1ccc(F)c(Cl)c1. The van der Waals surface area contributed by atoms with E-state index in [1.165, 1.54) is 19.2 Å². The molecule has 1 unspecified atom stereocenters. The van der Waals surface area contributed by atoms with Gasteiger partial charge in [0.2, 0.25) is 0 Å². The van der Waals surface area contributed by atoms with Gasteiger partial charge in [0.05, 0.1) is 12.1 Å². The fourth-order valence-electron chi connectivity index (χ4n) is 1.13. The number of hydrogen-bond acceptors (Lipinski definition) is 3. The Bertz CT molecular complexity index is 468. The van der Waals surface area contributed by atoms with Crippen molar-refractivity contribution in [1.82, 2.24) is 5.32 Å². The van der Waals surface area contributed by atoms with Gasteiger partial charge >= 0.3 is 5.97 Å². The molecule has 0 aliphatic rings. The summed E-state index contributed by atoms with van der Waals surface area (Å²) in [6.07, 6.45) is 0. The van der Waals surface area contributed by atoms with Crippen LogP contribution in [0.3, 0.4) is 0 Å². The third-order valence-electron chi connectivity index (χ3n) is 2.08. The van der Waals surface area contributed by atoms with E-state index in [0.29, 0.717) is 0 Å². The van der Waals surface area contributed by atoms with E-state index in [1.807, 2.05) is 0 Å². The number of rotatable bonds is 4. The molecule has 0 saturated heterocycles. The molecule has 0 bridgehead atoms. The van der Waals surface area contributed by atoms with Crippen LogP contribution in [0.5, 0.6) is 0 Å². The van der Waals surface area contributed by atoms with Crippen molar-refractivity contribution in [3.8, 4) is 0 Å². The van der Waals surface area contributed by atoms with Crippen LogP contribution in [0.2, 0.25) is 5.02 Å². The number of amides is 1. The minimum atomic E-state index is -0.977. The molecular weight excluding hydrogens is 284 g/mol. The molecule has 0 spiro atoms. The van der Waals surface area contributed by atoms with Crippen LogP contribution in [0, 0.1) is 5.82 Å². The summed E-state index contributed by atoms with van der Waals surface area (Å²) in [6.45, 7) is -0.0952.